The van der Waals surface area contributed by atoms with Crippen LogP contribution in [0.2, 0.25) is 0 Å². The third-order valence-corrected chi connectivity index (χ3v) is 6.98. The zero-order valence-corrected chi connectivity index (χ0v) is 15.1. The van der Waals surface area contributed by atoms with Gasteiger partial charge in [-0.15, -0.1) is 0 Å². The number of carbonyl (C=O) groups is 3. The Morgan fingerprint density at radius 3 is 2.46 bits per heavy atom. The van der Waals surface area contributed by atoms with Gasteiger partial charge in [-0.3, -0.25) is 24.3 Å². The molecule has 1 aliphatic heterocycles. The summed E-state index contributed by atoms with van der Waals surface area (Å²) in [6, 6.07) is 9.18. The molecule has 6 atom stereocenters. The highest BCUT2D eigenvalue weighted by molar-refractivity contribution is 6.10. The number of benzene rings is 1. The molecule has 6 heteroatoms. The van der Waals surface area contributed by atoms with E-state index in [-0.39, 0.29) is 47.9 Å². The summed E-state index contributed by atoms with van der Waals surface area (Å²) in [4.78, 5) is 44.1. The average Bonchev–Trinajstić information content (AvgIpc) is 3.49. The van der Waals surface area contributed by atoms with Gasteiger partial charge in [-0.05, 0) is 54.4 Å². The number of likely N-dealkylation sites (tertiary alicyclic amines) is 1. The van der Waals surface area contributed by atoms with Crippen LogP contribution in [0.15, 0.2) is 48.7 Å². The van der Waals surface area contributed by atoms with Crippen molar-refractivity contribution in [3.05, 3.63) is 48.7 Å². The third-order valence-electron chi connectivity index (χ3n) is 6.98. The molecule has 3 fully saturated rings. The predicted molar refractivity (Wildman–Crippen MR) is 102 cm³/mol. The Morgan fingerprint density at radius 1 is 1.04 bits per heavy atom. The molecular weight excluding hydrogens is 354 g/mol. The molecule has 0 radical (unpaired) electrons. The number of anilines is 1. The summed E-state index contributed by atoms with van der Waals surface area (Å²) in [5.74, 6) is 0.241. The predicted octanol–water partition coefficient (Wildman–Crippen LogP) is 2.23. The fourth-order valence-corrected chi connectivity index (χ4v) is 5.72. The second-order valence-electron chi connectivity index (χ2n) is 8.34. The summed E-state index contributed by atoms with van der Waals surface area (Å²) < 4.78 is 0. The Bertz CT molecular complexity index is 1040. The van der Waals surface area contributed by atoms with E-state index in [0.29, 0.717) is 17.5 Å². The van der Waals surface area contributed by atoms with Gasteiger partial charge in [-0.2, -0.15) is 0 Å². The Balaban J connectivity index is 1.23. The van der Waals surface area contributed by atoms with Crippen LogP contribution in [-0.2, 0) is 14.4 Å². The van der Waals surface area contributed by atoms with Gasteiger partial charge in [0.1, 0.15) is 6.54 Å². The first kappa shape index (κ1) is 16.0. The average molecular weight is 373 g/mol. The van der Waals surface area contributed by atoms with Crippen LogP contribution in [0.1, 0.15) is 6.42 Å². The van der Waals surface area contributed by atoms with E-state index in [1.807, 2.05) is 24.3 Å². The minimum absolute atomic E-state index is 0.172. The molecule has 5 aliphatic rings. The van der Waals surface area contributed by atoms with E-state index in [0.717, 1.165) is 17.3 Å². The molecule has 0 spiro atoms. The van der Waals surface area contributed by atoms with Gasteiger partial charge in [0.05, 0.1) is 23.0 Å². The van der Waals surface area contributed by atoms with Gasteiger partial charge < -0.3 is 5.32 Å². The summed E-state index contributed by atoms with van der Waals surface area (Å²) in [6.07, 6.45) is 7.10. The van der Waals surface area contributed by atoms with Crippen molar-refractivity contribution in [2.24, 2.45) is 35.5 Å². The van der Waals surface area contributed by atoms with Gasteiger partial charge >= 0.3 is 0 Å². The standard InChI is InChI=1S/C22H19N3O3/c26-18(24-17-5-1-4-16-13(17)3-2-8-23-16)10-25-21(27)19-11-6-7-12(15-9-14(11)15)20(19)22(25)28/h1-8,11-12,14-15,19-20H,9-10H2,(H,24,26)/t11-,12-,14-,15+,19-,20+/m0/s1. The van der Waals surface area contributed by atoms with Crippen molar-refractivity contribution in [1.82, 2.24) is 9.88 Å². The van der Waals surface area contributed by atoms with E-state index in [4.69, 9.17) is 0 Å². The van der Waals surface area contributed by atoms with Crippen LogP contribution >= 0.6 is 0 Å². The molecule has 140 valence electrons. The van der Waals surface area contributed by atoms with Crippen LogP contribution in [0, 0.1) is 35.5 Å². The van der Waals surface area contributed by atoms with Gasteiger partial charge in [0, 0.05) is 11.6 Å². The van der Waals surface area contributed by atoms with E-state index in [1.165, 1.54) is 4.90 Å². The van der Waals surface area contributed by atoms with Gasteiger partial charge in [-0.25, -0.2) is 0 Å². The molecule has 7 rings (SSSR count). The maximum atomic E-state index is 13.0. The molecule has 1 aromatic carbocycles. The van der Waals surface area contributed by atoms with Crippen molar-refractivity contribution in [2.75, 3.05) is 11.9 Å². The molecule has 2 aromatic rings. The molecule has 0 unspecified atom stereocenters. The minimum Gasteiger partial charge on any atom is -0.324 e. The molecule has 1 aromatic heterocycles. The Morgan fingerprint density at radius 2 is 1.75 bits per heavy atom. The van der Waals surface area contributed by atoms with Crippen molar-refractivity contribution < 1.29 is 14.4 Å². The zero-order chi connectivity index (χ0) is 19.0. The van der Waals surface area contributed by atoms with Crippen molar-refractivity contribution >= 4 is 34.3 Å². The van der Waals surface area contributed by atoms with Crippen LogP contribution in [0.4, 0.5) is 5.69 Å². The summed E-state index contributed by atoms with van der Waals surface area (Å²) in [7, 11) is 0. The number of allylic oxidation sites excluding steroid dienone is 2. The molecule has 6 nitrogen and oxygen atoms in total. The van der Waals surface area contributed by atoms with Gasteiger partial charge in [0.25, 0.3) is 0 Å². The molecule has 2 saturated carbocycles. The molecule has 4 aliphatic carbocycles. The summed E-state index contributed by atoms with van der Waals surface area (Å²) in [5, 5.41) is 3.68. The van der Waals surface area contributed by atoms with E-state index >= 15 is 0 Å². The van der Waals surface area contributed by atoms with E-state index in [9.17, 15) is 14.4 Å². The third kappa shape index (κ3) is 2.08. The van der Waals surface area contributed by atoms with Crippen molar-refractivity contribution in [1.29, 1.82) is 0 Å². The second-order valence-corrected chi connectivity index (χ2v) is 8.34. The highest BCUT2D eigenvalue weighted by atomic mass is 16.2. The number of imide groups is 1. The lowest BCUT2D eigenvalue weighted by molar-refractivity contribution is -0.142. The normalized spacial score (nSPS) is 34.5. The number of hydrogen-bond donors (Lipinski definition) is 1. The van der Waals surface area contributed by atoms with Gasteiger partial charge in [-0.1, -0.05) is 18.2 Å². The molecular formula is C22H19N3O3. The SMILES string of the molecule is O=C(CN1C(=O)[C@@H]2[C@H]3C=C[C@@H]([C@@H]4C[C@H]34)[C@@H]2C1=O)Nc1cccc2ncccc12. The van der Waals surface area contributed by atoms with Crippen LogP contribution in [0.25, 0.3) is 10.9 Å². The van der Waals surface area contributed by atoms with Gasteiger partial charge in [0.2, 0.25) is 17.7 Å². The lowest BCUT2D eigenvalue weighted by Crippen LogP contribution is -2.40. The number of carbonyl (C=O) groups excluding carboxylic acids is 3. The largest absolute Gasteiger partial charge is 0.324 e. The molecule has 1 saturated heterocycles. The quantitative estimate of drug-likeness (QED) is 0.661. The fourth-order valence-electron chi connectivity index (χ4n) is 5.72. The van der Waals surface area contributed by atoms with Crippen molar-refractivity contribution in [2.45, 2.75) is 6.42 Å². The maximum Gasteiger partial charge on any atom is 0.244 e. The lowest BCUT2D eigenvalue weighted by Gasteiger charge is -2.37. The topological polar surface area (TPSA) is 79.4 Å². The molecule has 2 bridgehead atoms. The van der Waals surface area contributed by atoms with E-state index in [1.54, 1.807) is 12.3 Å². The van der Waals surface area contributed by atoms with Crippen molar-refractivity contribution in [3.8, 4) is 0 Å². The molecule has 2 heterocycles. The fraction of sp³-hybridized carbons (Fsp3) is 0.364. The van der Waals surface area contributed by atoms with E-state index in [2.05, 4.69) is 22.5 Å². The second kappa shape index (κ2) is 5.50. The lowest BCUT2D eigenvalue weighted by atomic mass is 9.63. The summed E-state index contributed by atoms with van der Waals surface area (Å²) in [5.41, 5.74) is 1.41. The van der Waals surface area contributed by atoms with Crippen LogP contribution < -0.4 is 5.32 Å². The first-order chi connectivity index (χ1) is 13.6. The number of pyridine rings is 1. The number of aromatic nitrogens is 1. The number of nitrogens with zero attached hydrogens (tertiary/aromatic N) is 2. The first-order valence-corrected chi connectivity index (χ1v) is 9.80. The number of hydrogen-bond acceptors (Lipinski definition) is 4. The number of nitrogens with one attached hydrogen (secondary N) is 1. The zero-order valence-electron chi connectivity index (χ0n) is 15.1. The monoisotopic (exact) mass is 373 g/mol. The number of rotatable bonds is 3. The van der Waals surface area contributed by atoms with Crippen LogP contribution in [-0.4, -0.2) is 34.2 Å². The summed E-state index contributed by atoms with van der Waals surface area (Å²) >= 11 is 0. The Kier molecular flexibility index (Phi) is 3.14. The van der Waals surface area contributed by atoms with Crippen LogP contribution in [0.3, 0.4) is 0 Å². The highest BCUT2D eigenvalue weighted by Gasteiger charge is 2.67. The molecule has 1 N–H and O–H groups in total. The number of amides is 3. The van der Waals surface area contributed by atoms with Crippen molar-refractivity contribution in [3.63, 3.8) is 0 Å². The maximum absolute atomic E-state index is 13.0. The van der Waals surface area contributed by atoms with E-state index < -0.39 is 0 Å². The summed E-state index contributed by atoms with van der Waals surface area (Å²) in [6.45, 7) is -0.226. The Hall–Kier alpha value is -3.02. The Labute approximate surface area is 161 Å². The molecule has 3 amide bonds. The minimum atomic E-state index is -0.359. The van der Waals surface area contributed by atoms with Crippen LogP contribution in [0.5, 0.6) is 0 Å². The smallest absolute Gasteiger partial charge is 0.244 e. The van der Waals surface area contributed by atoms with Gasteiger partial charge in [0.15, 0.2) is 0 Å². The number of fused-ring (bicyclic) bond motifs is 1. The highest BCUT2D eigenvalue weighted by Crippen LogP contribution is 2.65. The first-order valence-electron chi connectivity index (χ1n) is 9.80. The molecule has 28 heavy (non-hydrogen) atoms.